The monoisotopic (exact) mass is 430 g/mol. The molecule has 0 atom stereocenters. The summed E-state index contributed by atoms with van der Waals surface area (Å²) >= 11 is 0. The van der Waals surface area contributed by atoms with E-state index in [-0.39, 0.29) is 5.41 Å². The second kappa shape index (κ2) is 7.47. The predicted octanol–water partition coefficient (Wildman–Crippen LogP) is 5.21. The van der Waals surface area contributed by atoms with Gasteiger partial charge in [-0.1, -0.05) is 25.5 Å². The van der Waals surface area contributed by atoms with Crippen LogP contribution < -0.4 is 4.74 Å². The van der Waals surface area contributed by atoms with Crippen molar-refractivity contribution >= 4 is 0 Å². The molecule has 5 rings (SSSR count). The average Bonchev–Trinajstić information content (AvgIpc) is 2.73. The first kappa shape index (κ1) is 21.0. The largest absolute Gasteiger partial charge is 0.429 e. The van der Waals surface area contributed by atoms with Gasteiger partial charge in [0.25, 0.3) is 0 Å². The molecule has 3 fully saturated rings. The molecule has 0 N–H and O–H groups in total. The lowest BCUT2D eigenvalue weighted by molar-refractivity contribution is -0.480. The third-order valence-electron chi connectivity index (χ3n) is 5.26. The number of ether oxygens (including phenoxy) is 4. The van der Waals surface area contributed by atoms with Gasteiger partial charge in [-0.2, -0.15) is 8.78 Å². The molecule has 4 nitrogen and oxygen atoms in total. The highest BCUT2D eigenvalue weighted by molar-refractivity contribution is 5.30. The van der Waals surface area contributed by atoms with Crippen molar-refractivity contribution in [2.75, 3.05) is 19.8 Å². The number of alkyl halides is 2. The van der Waals surface area contributed by atoms with E-state index in [1.165, 1.54) is 12.1 Å². The van der Waals surface area contributed by atoms with Gasteiger partial charge in [-0.3, -0.25) is 0 Å². The Labute approximate surface area is 169 Å². The molecule has 0 aliphatic carbocycles. The van der Waals surface area contributed by atoms with Gasteiger partial charge in [0.05, 0.1) is 25.4 Å². The Hall–Kier alpha value is -2.23. The van der Waals surface area contributed by atoms with E-state index in [9.17, 15) is 22.0 Å². The van der Waals surface area contributed by atoms with Gasteiger partial charge in [0.15, 0.2) is 17.5 Å². The quantitative estimate of drug-likeness (QED) is 0.466. The van der Waals surface area contributed by atoms with Crippen LogP contribution in [0.25, 0.3) is 0 Å². The van der Waals surface area contributed by atoms with Gasteiger partial charge in [-0.15, -0.1) is 0 Å². The van der Waals surface area contributed by atoms with Crippen LogP contribution in [0.1, 0.15) is 30.9 Å². The highest BCUT2D eigenvalue weighted by Crippen LogP contribution is 2.46. The summed E-state index contributed by atoms with van der Waals surface area (Å²) in [5.41, 5.74) is -0.387. The van der Waals surface area contributed by atoms with Gasteiger partial charge >= 0.3 is 12.1 Å². The van der Waals surface area contributed by atoms with E-state index in [1.54, 1.807) is 0 Å². The van der Waals surface area contributed by atoms with Crippen LogP contribution >= 0.6 is 0 Å². The zero-order valence-corrected chi connectivity index (χ0v) is 16.0. The maximum absolute atomic E-state index is 14.4. The van der Waals surface area contributed by atoms with Gasteiger partial charge in [-0.05, 0) is 18.6 Å². The topological polar surface area (TPSA) is 36.9 Å². The van der Waals surface area contributed by atoms with Crippen molar-refractivity contribution in [1.29, 1.82) is 0 Å². The molecule has 3 aliphatic rings. The van der Waals surface area contributed by atoms with E-state index < -0.39 is 40.8 Å². The lowest BCUT2D eigenvalue weighted by Crippen LogP contribution is -2.58. The van der Waals surface area contributed by atoms with E-state index in [4.69, 9.17) is 14.2 Å². The number of halogens is 5. The molecule has 0 radical (unpaired) electrons. The molecule has 0 aromatic heterocycles. The molecule has 0 saturated carbocycles. The summed E-state index contributed by atoms with van der Waals surface area (Å²) in [6.07, 6.45) is -2.09. The summed E-state index contributed by atoms with van der Waals surface area (Å²) in [4.78, 5) is 0. The number of hydrogen-bond acceptors (Lipinski definition) is 4. The molecule has 3 saturated heterocycles. The van der Waals surface area contributed by atoms with Crippen LogP contribution in [0.3, 0.4) is 0 Å². The zero-order valence-electron chi connectivity index (χ0n) is 16.0. The Morgan fingerprint density at radius 2 is 1.47 bits per heavy atom. The first-order chi connectivity index (χ1) is 14.2. The van der Waals surface area contributed by atoms with E-state index in [0.29, 0.717) is 37.5 Å². The highest BCUT2D eigenvalue weighted by atomic mass is 19.3. The minimum absolute atomic E-state index is 0.197. The van der Waals surface area contributed by atoms with Gasteiger partial charge in [-0.25, -0.2) is 13.2 Å². The lowest BCUT2D eigenvalue weighted by atomic mass is 9.83. The Morgan fingerprint density at radius 1 is 0.933 bits per heavy atom. The lowest BCUT2D eigenvalue weighted by Gasteiger charge is -2.52. The molecule has 0 spiro atoms. The van der Waals surface area contributed by atoms with E-state index in [0.717, 1.165) is 25.0 Å². The van der Waals surface area contributed by atoms with Gasteiger partial charge in [0.1, 0.15) is 5.75 Å². The second-order valence-electron chi connectivity index (χ2n) is 7.57. The predicted molar refractivity (Wildman–Crippen MR) is 94.2 cm³/mol. The molecule has 162 valence electrons. The van der Waals surface area contributed by atoms with E-state index in [2.05, 4.69) is 11.7 Å². The third kappa shape index (κ3) is 3.66. The van der Waals surface area contributed by atoms with Crippen molar-refractivity contribution in [2.24, 2.45) is 5.41 Å². The van der Waals surface area contributed by atoms with Crippen LogP contribution in [-0.4, -0.2) is 19.8 Å². The van der Waals surface area contributed by atoms with E-state index >= 15 is 0 Å². The Morgan fingerprint density at radius 3 is 1.97 bits per heavy atom. The summed E-state index contributed by atoms with van der Waals surface area (Å²) in [5, 5.41) is 0. The van der Waals surface area contributed by atoms with E-state index in [1.807, 2.05) is 0 Å². The van der Waals surface area contributed by atoms with Crippen molar-refractivity contribution < 1.29 is 40.9 Å². The Kier molecular flexibility index (Phi) is 5.24. The second-order valence-corrected chi connectivity index (χ2v) is 7.57. The van der Waals surface area contributed by atoms with Gasteiger partial charge < -0.3 is 18.9 Å². The molecule has 2 bridgehead atoms. The summed E-state index contributed by atoms with van der Waals surface area (Å²) in [6.45, 7) is 3.36. The molecule has 9 heteroatoms. The highest BCUT2D eigenvalue weighted by Gasteiger charge is 2.53. The van der Waals surface area contributed by atoms with Crippen LogP contribution in [0.5, 0.6) is 5.75 Å². The standard InChI is InChI=1S/C21H19F5O4/c1-2-7-19-10-27-21(28-11-19,29-12-19)14-5-3-13(4-6-14)20(25,26)30-15-8-16(22)18(24)17(23)9-15/h3-6,8-9H,2,7,10-12H2,1H3. The first-order valence-corrected chi connectivity index (χ1v) is 9.43. The summed E-state index contributed by atoms with van der Waals surface area (Å²) in [7, 11) is 0. The first-order valence-electron chi connectivity index (χ1n) is 9.43. The zero-order chi connectivity index (χ0) is 21.6. The molecule has 2 aromatic carbocycles. The molecule has 30 heavy (non-hydrogen) atoms. The fourth-order valence-electron chi connectivity index (χ4n) is 3.66. The van der Waals surface area contributed by atoms with Crippen LogP contribution in [0, 0.1) is 22.9 Å². The number of fused-ring (bicyclic) bond motifs is 3. The average molecular weight is 430 g/mol. The summed E-state index contributed by atoms with van der Waals surface area (Å²) in [6, 6.07) is 5.52. The van der Waals surface area contributed by atoms with Crippen LogP contribution in [-0.2, 0) is 26.3 Å². The SMILES string of the molecule is CCCC12COC(c3ccc(C(F)(F)Oc4cc(F)c(F)c(F)c4)cc3)(OC1)OC2. The van der Waals surface area contributed by atoms with Crippen molar-refractivity contribution in [3.63, 3.8) is 0 Å². The molecular weight excluding hydrogens is 411 g/mol. The van der Waals surface area contributed by atoms with Crippen LogP contribution in [0.15, 0.2) is 36.4 Å². The number of benzene rings is 2. The molecule has 0 unspecified atom stereocenters. The van der Waals surface area contributed by atoms with Gasteiger partial charge in [0, 0.05) is 23.1 Å². The fraction of sp³-hybridized carbons (Fsp3) is 0.429. The summed E-state index contributed by atoms with van der Waals surface area (Å²) < 4.78 is 90.2. The van der Waals surface area contributed by atoms with Crippen molar-refractivity contribution in [3.05, 3.63) is 65.0 Å². The van der Waals surface area contributed by atoms with Crippen LogP contribution in [0.2, 0.25) is 0 Å². The normalized spacial score (nSPS) is 26.1. The molecular formula is C21H19F5O4. The third-order valence-corrected chi connectivity index (χ3v) is 5.26. The molecule has 3 aliphatic heterocycles. The number of hydrogen-bond donors (Lipinski definition) is 0. The van der Waals surface area contributed by atoms with Crippen molar-refractivity contribution in [3.8, 4) is 5.75 Å². The molecule has 0 amide bonds. The summed E-state index contributed by atoms with van der Waals surface area (Å²) in [5.74, 6) is -7.32. The van der Waals surface area contributed by atoms with Crippen molar-refractivity contribution in [1.82, 2.24) is 0 Å². The smallest absolute Gasteiger partial charge is 0.426 e. The fourth-order valence-corrected chi connectivity index (χ4v) is 3.66. The van der Waals surface area contributed by atoms with Crippen molar-refractivity contribution in [2.45, 2.75) is 31.8 Å². The maximum atomic E-state index is 14.4. The Bertz CT molecular complexity index is 884. The minimum atomic E-state index is -3.93. The van der Waals surface area contributed by atoms with Gasteiger partial charge in [0.2, 0.25) is 0 Å². The number of rotatable bonds is 6. The maximum Gasteiger partial charge on any atom is 0.426 e. The minimum Gasteiger partial charge on any atom is -0.429 e. The Balaban J connectivity index is 1.51. The molecule has 2 aromatic rings. The van der Waals surface area contributed by atoms with Crippen LogP contribution in [0.4, 0.5) is 22.0 Å². The molecule has 3 heterocycles.